The fourth-order valence-corrected chi connectivity index (χ4v) is 6.42. The third-order valence-corrected chi connectivity index (χ3v) is 8.86. The Morgan fingerprint density at radius 1 is 0.608 bits per heavy atom. The van der Waals surface area contributed by atoms with E-state index in [4.69, 9.17) is 14.9 Å². The van der Waals surface area contributed by atoms with E-state index in [1.807, 2.05) is 92.7 Å². The minimum atomic E-state index is 0.761. The maximum absolute atomic E-state index is 6.41. The van der Waals surface area contributed by atoms with Gasteiger partial charge < -0.3 is 24.8 Å². The molecule has 0 radical (unpaired) electrons. The molecule has 2 aromatic heterocycles. The molecule has 51 heavy (non-hydrogen) atoms. The van der Waals surface area contributed by atoms with Crippen LogP contribution in [0.3, 0.4) is 0 Å². The molecule has 0 aliphatic carbocycles. The largest absolute Gasteiger partial charge is 0.457 e. The maximum Gasteiger partial charge on any atom is 0.145 e. The van der Waals surface area contributed by atoms with E-state index in [9.17, 15) is 0 Å². The zero-order valence-corrected chi connectivity index (χ0v) is 29.4. The number of furan rings is 1. The fraction of sp³-hybridized carbons (Fsp3) is 0.0870. The molecular weight excluding hydrogens is 627 g/mol. The number of aromatic nitrogens is 1. The number of nitrogens with zero attached hydrogens (tertiary/aromatic N) is 1. The number of nitrogen functional groups attached to an aromatic ring is 1. The molecule has 0 saturated carbocycles. The van der Waals surface area contributed by atoms with Crippen LogP contribution in [-0.4, -0.2) is 4.57 Å². The van der Waals surface area contributed by atoms with Crippen LogP contribution in [0.1, 0.15) is 25.0 Å². The molecule has 5 heteroatoms. The van der Waals surface area contributed by atoms with E-state index in [-0.39, 0.29) is 0 Å². The van der Waals surface area contributed by atoms with Crippen molar-refractivity contribution in [2.24, 2.45) is 0 Å². The van der Waals surface area contributed by atoms with Crippen molar-refractivity contribution in [3.63, 3.8) is 0 Å². The lowest BCUT2D eigenvalue weighted by Gasteiger charge is -2.13. The summed E-state index contributed by atoms with van der Waals surface area (Å²) in [5, 5.41) is 7.87. The number of ether oxygens (including phenoxy) is 1. The van der Waals surface area contributed by atoms with E-state index < -0.39 is 0 Å². The first-order valence-electron chi connectivity index (χ1n) is 17.4. The van der Waals surface area contributed by atoms with E-state index in [2.05, 4.69) is 103 Å². The van der Waals surface area contributed by atoms with Gasteiger partial charge in [0.15, 0.2) is 0 Å². The number of aryl methyl sites for hydroxylation is 2. The van der Waals surface area contributed by atoms with E-state index >= 15 is 0 Å². The van der Waals surface area contributed by atoms with Gasteiger partial charge in [0.2, 0.25) is 0 Å². The first kappa shape index (κ1) is 33.1. The Morgan fingerprint density at radius 2 is 1.29 bits per heavy atom. The van der Waals surface area contributed by atoms with Gasteiger partial charge in [0.25, 0.3) is 0 Å². The van der Waals surface area contributed by atoms with Gasteiger partial charge in [-0.3, -0.25) is 0 Å². The summed E-state index contributed by atoms with van der Waals surface area (Å²) in [7, 11) is 0. The summed E-state index contributed by atoms with van der Waals surface area (Å²) in [6.07, 6.45) is 0. The zero-order valence-electron chi connectivity index (χ0n) is 29.4. The van der Waals surface area contributed by atoms with Gasteiger partial charge in [-0.1, -0.05) is 98.3 Å². The molecule has 9 rings (SSSR count). The van der Waals surface area contributed by atoms with Crippen LogP contribution < -0.4 is 15.8 Å². The second-order valence-electron chi connectivity index (χ2n) is 12.2. The van der Waals surface area contributed by atoms with Crippen LogP contribution in [-0.2, 0) is 0 Å². The Morgan fingerprint density at radius 3 is 2.06 bits per heavy atom. The second-order valence-corrected chi connectivity index (χ2v) is 12.2. The van der Waals surface area contributed by atoms with Gasteiger partial charge in [-0.15, -0.1) is 0 Å². The predicted octanol–water partition coefficient (Wildman–Crippen LogP) is 13.1. The standard InChI is InChI=1S/C32H23NO2.C12H12N2.C2H6/c1-20-11-14-23(15-12-20)34-29-18-13-22(19-21(29)2)33-27-9-5-3-8-26(27)31-28(33)17-16-25-24-7-4-6-10-30(24)35-32(25)31;13-11-8-4-5-9-12(11)14-10-6-2-1-3-7-10;1-2/h3-19H,1-2H3;1-9,14H,13H2;1-2H3. The molecule has 0 bridgehead atoms. The highest BCUT2D eigenvalue weighted by molar-refractivity contribution is 6.23. The number of para-hydroxylation sites is 5. The highest BCUT2D eigenvalue weighted by atomic mass is 16.5. The van der Waals surface area contributed by atoms with E-state index in [0.717, 1.165) is 78.2 Å². The lowest BCUT2D eigenvalue weighted by molar-refractivity contribution is 0.478. The molecule has 3 N–H and O–H groups in total. The van der Waals surface area contributed by atoms with Crippen LogP contribution in [0.5, 0.6) is 11.5 Å². The summed E-state index contributed by atoms with van der Waals surface area (Å²) in [6, 6.07) is 53.4. The summed E-state index contributed by atoms with van der Waals surface area (Å²) >= 11 is 0. The van der Waals surface area contributed by atoms with Gasteiger partial charge in [-0.25, -0.2) is 0 Å². The number of anilines is 3. The van der Waals surface area contributed by atoms with Crippen molar-refractivity contribution in [1.29, 1.82) is 0 Å². The molecule has 0 amide bonds. The molecule has 0 atom stereocenters. The molecule has 0 spiro atoms. The lowest BCUT2D eigenvalue weighted by atomic mass is 10.1. The first-order chi connectivity index (χ1) is 25.0. The third-order valence-electron chi connectivity index (χ3n) is 8.86. The number of benzene rings is 7. The summed E-state index contributed by atoms with van der Waals surface area (Å²) in [5.41, 5.74) is 16.1. The number of nitrogens with one attached hydrogen (secondary N) is 1. The quantitative estimate of drug-likeness (QED) is 0.179. The van der Waals surface area contributed by atoms with Crippen LogP contribution in [0, 0.1) is 13.8 Å². The number of rotatable bonds is 5. The highest BCUT2D eigenvalue weighted by Gasteiger charge is 2.18. The van der Waals surface area contributed by atoms with Crippen LogP contribution >= 0.6 is 0 Å². The summed E-state index contributed by atoms with van der Waals surface area (Å²) in [6.45, 7) is 8.17. The molecule has 2 heterocycles. The molecule has 0 aliphatic rings. The van der Waals surface area contributed by atoms with Gasteiger partial charge in [0, 0.05) is 27.5 Å². The number of hydrogen-bond acceptors (Lipinski definition) is 4. The Hall–Kier alpha value is -6.46. The highest BCUT2D eigenvalue weighted by Crippen LogP contribution is 2.41. The lowest BCUT2D eigenvalue weighted by Crippen LogP contribution is -1.96. The van der Waals surface area contributed by atoms with E-state index in [1.165, 1.54) is 10.9 Å². The monoisotopic (exact) mass is 667 g/mol. The van der Waals surface area contributed by atoms with Crippen LogP contribution in [0.15, 0.2) is 162 Å². The molecule has 9 aromatic rings. The molecule has 0 unspecified atom stereocenters. The van der Waals surface area contributed by atoms with Gasteiger partial charge in [0.05, 0.1) is 27.8 Å². The molecule has 5 nitrogen and oxygen atoms in total. The third kappa shape index (κ3) is 6.62. The Bertz CT molecular complexity index is 2580. The van der Waals surface area contributed by atoms with Crippen molar-refractivity contribution >= 4 is 60.8 Å². The van der Waals surface area contributed by atoms with Crippen molar-refractivity contribution < 1.29 is 9.15 Å². The summed E-state index contributed by atoms with van der Waals surface area (Å²) in [5.74, 6) is 1.70. The Kier molecular flexibility index (Phi) is 9.44. The predicted molar refractivity (Wildman–Crippen MR) is 216 cm³/mol. The maximum atomic E-state index is 6.41. The molecule has 0 saturated heterocycles. The minimum Gasteiger partial charge on any atom is -0.457 e. The van der Waals surface area contributed by atoms with Crippen LogP contribution in [0.25, 0.3) is 49.4 Å². The van der Waals surface area contributed by atoms with Crippen molar-refractivity contribution in [1.82, 2.24) is 4.57 Å². The molecule has 7 aromatic carbocycles. The fourth-order valence-electron chi connectivity index (χ4n) is 6.42. The van der Waals surface area contributed by atoms with Crippen LogP contribution in [0.2, 0.25) is 0 Å². The van der Waals surface area contributed by atoms with Crippen molar-refractivity contribution in [2.75, 3.05) is 11.1 Å². The van der Waals surface area contributed by atoms with E-state index in [1.54, 1.807) is 0 Å². The minimum absolute atomic E-state index is 0.761. The molecular formula is C46H41N3O2. The topological polar surface area (TPSA) is 65.3 Å². The zero-order chi connectivity index (χ0) is 35.3. The molecule has 252 valence electrons. The number of hydrogen-bond donors (Lipinski definition) is 2. The average molecular weight is 668 g/mol. The summed E-state index contributed by atoms with van der Waals surface area (Å²) < 4.78 is 14.9. The van der Waals surface area contributed by atoms with Crippen molar-refractivity contribution in [3.8, 4) is 17.2 Å². The first-order valence-corrected chi connectivity index (χ1v) is 17.4. The Balaban J connectivity index is 0.000000213. The smallest absolute Gasteiger partial charge is 0.145 e. The number of fused-ring (bicyclic) bond motifs is 7. The van der Waals surface area contributed by atoms with Gasteiger partial charge in [0.1, 0.15) is 22.7 Å². The SMILES string of the molecule is CC.Cc1ccc(Oc2ccc(-n3c4ccccc4c4c5oc6ccccc6c5ccc43)cc2C)cc1.Nc1ccccc1Nc1ccccc1. The van der Waals surface area contributed by atoms with Gasteiger partial charge in [-0.2, -0.15) is 0 Å². The van der Waals surface area contributed by atoms with Crippen LogP contribution in [0.4, 0.5) is 17.1 Å². The normalized spacial score (nSPS) is 10.8. The molecule has 0 fully saturated rings. The average Bonchev–Trinajstić information content (AvgIpc) is 3.72. The molecule has 0 aliphatic heterocycles. The van der Waals surface area contributed by atoms with Crippen molar-refractivity contribution in [2.45, 2.75) is 27.7 Å². The summed E-state index contributed by atoms with van der Waals surface area (Å²) in [4.78, 5) is 0. The second kappa shape index (κ2) is 14.6. The van der Waals surface area contributed by atoms with Gasteiger partial charge in [-0.05, 0) is 98.3 Å². The van der Waals surface area contributed by atoms with Crippen molar-refractivity contribution in [3.05, 3.63) is 169 Å². The van der Waals surface area contributed by atoms with E-state index in [0.29, 0.717) is 0 Å². The Labute approximate surface area is 298 Å². The number of nitrogens with two attached hydrogens (primary N) is 1. The van der Waals surface area contributed by atoms with Gasteiger partial charge >= 0.3 is 0 Å².